The van der Waals surface area contributed by atoms with Crippen LogP contribution in [0.1, 0.15) is 17.0 Å². The van der Waals surface area contributed by atoms with Crippen LogP contribution in [-0.2, 0) is 6.18 Å². The molecule has 2 rings (SSSR count). The summed E-state index contributed by atoms with van der Waals surface area (Å²) in [5.41, 5.74) is 5.55. The van der Waals surface area contributed by atoms with E-state index in [0.717, 1.165) is 12.1 Å². The molecule has 0 amide bonds. The van der Waals surface area contributed by atoms with E-state index in [0.29, 0.717) is 17.2 Å². The average Bonchev–Trinajstić information content (AvgIpc) is 2.36. The second-order valence-electron chi connectivity index (χ2n) is 4.45. The van der Waals surface area contributed by atoms with Crippen LogP contribution in [0.25, 0.3) is 0 Å². The Morgan fingerprint density at radius 3 is 2.48 bits per heavy atom. The minimum Gasteiger partial charge on any atom is -0.383 e. The van der Waals surface area contributed by atoms with Gasteiger partial charge in [-0.05, 0) is 32.0 Å². The Bertz CT molecular complexity index is 686. The van der Waals surface area contributed by atoms with Crippen molar-refractivity contribution in [3.63, 3.8) is 0 Å². The summed E-state index contributed by atoms with van der Waals surface area (Å²) in [6, 6.07) is 3.02. The van der Waals surface area contributed by atoms with Gasteiger partial charge in [0.15, 0.2) is 0 Å². The molecule has 1 aromatic heterocycles. The van der Waals surface area contributed by atoms with Gasteiger partial charge in [0.1, 0.15) is 17.5 Å². The molecule has 0 aliphatic heterocycles. The molecule has 3 N–H and O–H groups in total. The summed E-state index contributed by atoms with van der Waals surface area (Å²) in [5.74, 6) is 0.984. The lowest BCUT2D eigenvalue weighted by molar-refractivity contribution is -0.137. The van der Waals surface area contributed by atoms with Crippen molar-refractivity contribution in [1.82, 2.24) is 9.97 Å². The largest absolute Gasteiger partial charge is 0.416 e. The Balaban J connectivity index is 2.45. The number of aryl methyl sites for hydroxylation is 1. The Morgan fingerprint density at radius 1 is 1.19 bits per heavy atom. The topological polar surface area (TPSA) is 63.8 Å². The lowest BCUT2D eigenvalue weighted by atomic mass is 10.2. The molecular formula is C13H12ClF3N4. The number of nitrogen functional groups attached to an aromatic ring is 1. The average molecular weight is 317 g/mol. The molecule has 8 heteroatoms. The van der Waals surface area contributed by atoms with Gasteiger partial charge in [0.2, 0.25) is 0 Å². The summed E-state index contributed by atoms with van der Waals surface area (Å²) in [4.78, 5) is 8.09. The third kappa shape index (κ3) is 3.36. The van der Waals surface area contributed by atoms with Crippen molar-refractivity contribution in [2.45, 2.75) is 20.0 Å². The van der Waals surface area contributed by atoms with Crippen molar-refractivity contribution < 1.29 is 13.2 Å². The molecule has 2 aromatic rings. The number of hydrogen-bond acceptors (Lipinski definition) is 4. The molecule has 0 aliphatic rings. The highest BCUT2D eigenvalue weighted by atomic mass is 35.5. The molecular weight excluding hydrogens is 305 g/mol. The molecule has 112 valence electrons. The number of nitrogens with two attached hydrogens (primary N) is 1. The first-order chi connectivity index (χ1) is 9.68. The van der Waals surface area contributed by atoms with Crippen LogP contribution in [0.3, 0.4) is 0 Å². The quantitative estimate of drug-likeness (QED) is 0.876. The standard InChI is InChI=1S/C13H12ClF3N4/c1-6-11(18)19-7(2)20-12(6)21-10-5-8(13(15,16)17)3-4-9(10)14/h3-5H,1-2H3,(H3,18,19,20,21). The van der Waals surface area contributed by atoms with E-state index in [1.807, 2.05) is 0 Å². The number of alkyl halides is 3. The lowest BCUT2D eigenvalue weighted by Crippen LogP contribution is -2.08. The zero-order chi connectivity index (χ0) is 15.8. The first-order valence-corrected chi connectivity index (χ1v) is 6.31. The molecule has 0 fully saturated rings. The van der Waals surface area contributed by atoms with Gasteiger partial charge < -0.3 is 11.1 Å². The van der Waals surface area contributed by atoms with Crippen molar-refractivity contribution in [3.8, 4) is 0 Å². The lowest BCUT2D eigenvalue weighted by Gasteiger charge is -2.14. The van der Waals surface area contributed by atoms with Crippen LogP contribution in [0.15, 0.2) is 18.2 Å². The highest BCUT2D eigenvalue weighted by Crippen LogP contribution is 2.35. The summed E-state index contributed by atoms with van der Waals surface area (Å²) >= 11 is 5.92. The van der Waals surface area contributed by atoms with Gasteiger partial charge in [-0.15, -0.1) is 0 Å². The number of hydrogen-bond donors (Lipinski definition) is 2. The highest BCUT2D eigenvalue weighted by Gasteiger charge is 2.31. The maximum absolute atomic E-state index is 12.7. The molecule has 0 unspecified atom stereocenters. The third-order valence-electron chi connectivity index (χ3n) is 2.84. The van der Waals surface area contributed by atoms with Crippen molar-refractivity contribution >= 4 is 28.9 Å². The third-order valence-corrected chi connectivity index (χ3v) is 3.17. The van der Waals surface area contributed by atoms with E-state index in [4.69, 9.17) is 17.3 Å². The zero-order valence-corrected chi connectivity index (χ0v) is 12.0. The number of anilines is 3. The van der Waals surface area contributed by atoms with Crippen molar-refractivity contribution in [2.75, 3.05) is 11.1 Å². The molecule has 0 saturated carbocycles. The Hall–Kier alpha value is -2.02. The first-order valence-electron chi connectivity index (χ1n) is 5.93. The Labute approximate surface area is 124 Å². The van der Waals surface area contributed by atoms with E-state index in [-0.39, 0.29) is 16.5 Å². The van der Waals surface area contributed by atoms with E-state index < -0.39 is 11.7 Å². The Kier molecular flexibility index (Phi) is 3.95. The molecule has 0 atom stereocenters. The van der Waals surface area contributed by atoms with E-state index in [9.17, 15) is 13.2 Å². The molecule has 0 spiro atoms. The normalized spacial score (nSPS) is 11.5. The van der Waals surface area contributed by atoms with Crippen molar-refractivity contribution in [2.24, 2.45) is 0 Å². The van der Waals surface area contributed by atoms with Crippen LogP contribution in [0.5, 0.6) is 0 Å². The minimum absolute atomic E-state index is 0.104. The first kappa shape index (κ1) is 15.4. The predicted molar refractivity (Wildman–Crippen MR) is 75.7 cm³/mol. The molecule has 21 heavy (non-hydrogen) atoms. The smallest absolute Gasteiger partial charge is 0.383 e. The van der Waals surface area contributed by atoms with Crippen LogP contribution in [0, 0.1) is 13.8 Å². The van der Waals surface area contributed by atoms with Gasteiger partial charge >= 0.3 is 6.18 Å². The van der Waals surface area contributed by atoms with Crippen LogP contribution >= 0.6 is 11.6 Å². The van der Waals surface area contributed by atoms with Gasteiger partial charge in [-0.1, -0.05) is 11.6 Å². The van der Waals surface area contributed by atoms with E-state index in [2.05, 4.69) is 15.3 Å². The Morgan fingerprint density at radius 2 is 1.86 bits per heavy atom. The second-order valence-corrected chi connectivity index (χ2v) is 4.85. The van der Waals surface area contributed by atoms with Gasteiger partial charge in [-0.2, -0.15) is 13.2 Å². The molecule has 1 heterocycles. The summed E-state index contributed by atoms with van der Waals surface area (Å²) in [6.07, 6.45) is -4.45. The van der Waals surface area contributed by atoms with E-state index in [1.54, 1.807) is 13.8 Å². The fraction of sp³-hybridized carbons (Fsp3) is 0.231. The molecule has 0 radical (unpaired) electrons. The number of aromatic nitrogens is 2. The van der Waals surface area contributed by atoms with Crippen LogP contribution < -0.4 is 11.1 Å². The molecule has 4 nitrogen and oxygen atoms in total. The predicted octanol–water partition coefficient (Wildman–Crippen LogP) is 4.09. The van der Waals surface area contributed by atoms with Crippen LogP contribution in [-0.4, -0.2) is 9.97 Å². The van der Waals surface area contributed by atoms with Gasteiger partial charge in [0.25, 0.3) is 0 Å². The van der Waals surface area contributed by atoms with Crippen LogP contribution in [0.4, 0.5) is 30.5 Å². The maximum atomic E-state index is 12.7. The molecule has 1 aromatic carbocycles. The molecule has 0 bridgehead atoms. The van der Waals surface area contributed by atoms with E-state index in [1.165, 1.54) is 6.07 Å². The minimum atomic E-state index is -4.45. The van der Waals surface area contributed by atoms with Gasteiger partial charge in [-0.3, -0.25) is 0 Å². The van der Waals surface area contributed by atoms with Gasteiger partial charge in [-0.25, -0.2) is 9.97 Å². The van der Waals surface area contributed by atoms with Gasteiger partial charge in [0.05, 0.1) is 16.3 Å². The summed E-state index contributed by atoms with van der Waals surface area (Å²) < 4.78 is 38.2. The number of halogens is 4. The zero-order valence-electron chi connectivity index (χ0n) is 11.2. The fourth-order valence-electron chi connectivity index (χ4n) is 1.70. The molecule has 0 saturated heterocycles. The monoisotopic (exact) mass is 316 g/mol. The number of benzene rings is 1. The fourth-order valence-corrected chi connectivity index (χ4v) is 1.86. The maximum Gasteiger partial charge on any atom is 0.416 e. The van der Waals surface area contributed by atoms with Crippen molar-refractivity contribution in [1.29, 1.82) is 0 Å². The summed E-state index contributed by atoms with van der Waals surface area (Å²) in [6.45, 7) is 3.30. The summed E-state index contributed by atoms with van der Waals surface area (Å²) in [5, 5.41) is 2.92. The molecule has 0 aliphatic carbocycles. The van der Waals surface area contributed by atoms with Gasteiger partial charge in [0, 0.05) is 5.56 Å². The summed E-state index contributed by atoms with van der Waals surface area (Å²) in [7, 11) is 0. The highest BCUT2D eigenvalue weighted by molar-refractivity contribution is 6.33. The van der Waals surface area contributed by atoms with Crippen molar-refractivity contribution in [3.05, 3.63) is 40.2 Å². The number of nitrogens with one attached hydrogen (secondary N) is 1. The second kappa shape index (κ2) is 5.40. The van der Waals surface area contributed by atoms with Crippen LogP contribution in [0.2, 0.25) is 5.02 Å². The number of nitrogens with zero attached hydrogens (tertiary/aromatic N) is 2. The van der Waals surface area contributed by atoms with E-state index >= 15 is 0 Å². The number of rotatable bonds is 2. The SMILES string of the molecule is Cc1nc(N)c(C)c(Nc2cc(C(F)(F)F)ccc2Cl)n1.